The number of fused-ring (bicyclic) bond motifs is 1. The summed E-state index contributed by atoms with van der Waals surface area (Å²) in [6, 6.07) is 25.4. The first-order valence-electron chi connectivity index (χ1n) is 10.8. The molecule has 4 aromatic rings. The molecule has 0 spiro atoms. The molecular formula is C27H30N2O2. The number of aryl methyl sites for hydroxylation is 2. The van der Waals surface area contributed by atoms with Crippen molar-refractivity contribution in [1.82, 2.24) is 9.88 Å². The first-order chi connectivity index (χ1) is 15.1. The van der Waals surface area contributed by atoms with Gasteiger partial charge in [-0.15, -0.1) is 0 Å². The molecule has 0 bridgehead atoms. The van der Waals surface area contributed by atoms with Crippen LogP contribution >= 0.6 is 0 Å². The number of benzene rings is 3. The Morgan fingerprint density at radius 2 is 1.55 bits per heavy atom. The third kappa shape index (κ3) is 4.42. The van der Waals surface area contributed by atoms with Crippen molar-refractivity contribution in [3.05, 3.63) is 83.9 Å². The number of aliphatic hydroxyl groups is 2. The fourth-order valence-corrected chi connectivity index (χ4v) is 4.48. The Morgan fingerprint density at radius 1 is 0.903 bits per heavy atom. The van der Waals surface area contributed by atoms with Crippen molar-refractivity contribution in [3.8, 4) is 22.4 Å². The van der Waals surface area contributed by atoms with E-state index in [0.29, 0.717) is 19.6 Å². The number of nitrogens with one attached hydrogen (secondary N) is 1. The zero-order valence-electron chi connectivity index (χ0n) is 18.2. The molecular weight excluding hydrogens is 384 g/mol. The van der Waals surface area contributed by atoms with Gasteiger partial charge in [0.25, 0.3) is 0 Å². The van der Waals surface area contributed by atoms with E-state index >= 15 is 0 Å². The van der Waals surface area contributed by atoms with Crippen molar-refractivity contribution in [3.63, 3.8) is 0 Å². The molecule has 4 heteroatoms. The topological polar surface area (TPSA) is 57.4 Å². The molecule has 3 aromatic carbocycles. The van der Waals surface area contributed by atoms with Crippen LogP contribution in [0.15, 0.2) is 72.8 Å². The van der Waals surface area contributed by atoms with Gasteiger partial charge in [-0.25, -0.2) is 0 Å². The fraction of sp³-hybridized carbons (Fsp3) is 0.259. The van der Waals surface area contributed by atoms with Crippen molar-refractivity contribution in [2.75, 3.05) is 19.7 Å². The molecule has 0 aliphatic carbocycles. The van der Waals surface area contributed by atoms with E-state index in [9.17, 15) is 5.11 Å². The average molecular weight is 415 g/mol. The van der Waals surface area contributed by atoms with Crippen LogP contribution in [0, 0.1) is 13.8 Å². The van der Waals surface area contributed by atoms with Crippen LogP contribution in [0.2, 0.25) is 0 Å². The standard InChI is InChI=1S/C27H30N2O2/c1-19-15-20(2)26-24(16-19)25(21-9-5-3-6-10-21)27(22-11-7-4-8-12-22)29(26)18-23(31)17-28-13-14-30/h3-12,15-16,23,28,30-31H,13-14,17-18H2,1-2H3/t23-/m1/s1. The predicted molar refractivity (Wildman–Crippen MR) is 128 cm³/mol. The molecule has 3 N–H and O–H groups in total. The van der Waals surface area contributed by atoms with Gasteiger partial charge in [-0.1, -0.05) is 72.3 Å². The Morgan fingerprint density at radius 3 is 2.19 bits per heavy atom. The largest absolute Gasteiger partial charge is 0.395 e. The molecule has 1 heterocycles. The Kier molecular flexibility index (Phi) is 6.52. The molecule has 1 atom stereocenters. The van der Waals surface area contributed by atoms with Gasteiger partial charge in [0.15, 0.2) is 0 Å². The molecule has 0 aliphatic rings. The Balaban J connectivity index is 1.98. The highest BCUT2D eigenvalue weighted by molar-refractivity contribution is 6.06. The lowest BCUT2D eigenvalue weighted by molar-refractivity contribution is 0.150. The smallest absolute Gasteiger partial charge is 0.0843 e. The van der Waals surface area contributed by atoms with E-state index in [2.05, 4.69) is 84.4 Å². The van der Waals surface area contributed by atoms with Crippen molar-refractivity contribution in [1.29, 1.82) is 0 Å². The lowest BCUT2D eigenvalue weighted by Crippen LogP contribution is -2.32. The number of rotatable bonds is 8. The first-order valence-corrected chi connectivity index (χ1v) is 10.8. The number of aliphatic hydroxyl groups excluding tert-OH is 2. The molecule has 0 radical (unpaired) electrons. The van der Waals surface area contributed by atoms with Crippen LogP contribution in [-0.4, -0.2) is 40.6 Å². The molecule has 0 aliphatic heterocycles. The summed E-state index contributed by atoms with van der Waals surface area (Å²) in [6.45, 7) is 5.71. The van der Waals surface area contributed by atoms with Gasteiger partial charge in [0.05, 0.1) is 30.5 Å². The van der Waals surface area contributed by atoms with E-state index in [-0.39, 0.29) is 6.61 Å². The zero-order valence-corrected chi connectivity index (χ0v) is 18.2. The van der Waals surface area contributed by atoms with E-state index in [1.807, 2.05) is 12.1 Å². The molecule has 0 saturated heterocycles. The number of hydrogen-bond acceptors (Lipinski definition) is 3. The molecule has 31 heavy (non-hydrogen) atoms. The van der Waals surface area contributed by atoms with Gasteiger partial charge in [0.2, 0.25) is 0 Å². The predicted octanol–water partition coefficient (Wildman–Crippen LogP) is 4.53. The Bertz CT molecular complexity index is 1150. The molecule has 4 rings (SSSR count). The van der Waals surface area contributed by atoms with Crippen LogP contribution in [0.3, 0.4) is 0 Å². The van der Waals surface area contributed by atoms with Gasteiger partial charge < -0.3 is 20.1 Å². The van der Waals surface area contributed by atoms with E-state index < -0.39 is 6.10 Å². The average Bonchev–Trinajstić information content (AvgIpc) is 3.09. The van der Waals surface area contributed by atoms with Crippen LogP contribution < -0.4 is 5.32 Å². The van der Waals surface area contributed by atoms with E-state index in [0.717, 1.165) is 16.8 Å². The van der Waals surface area contributed by atoms with Crippen LogP contribution in [0.1, 0.15) is 11.1 Å². The lowest BCUT2D eigenvalue weighted by Gasteiger charge is -2.18. The maximum absolute atomic E-state index is 10.8. The van der Waals surface area contributed by atoms with E-state index in [1.54, 1.807) is 0 Å². The highest BCUT2D eigenvalue weighted by atomic mass is 16.3. The highest BCUT2D eigenvalue weighted by Gasteiger charge is 2.23. The van der Waals surface area contributed by atoms with Crippen LogP contribution in [0.25, 0.3) is 33.3 Å². The summed E-state index contributed by atoms with van der Waals surface area (Å²) in [5.74, 6) is 0. The summed E-state index contributed by atoms with van der Waals surface area (Å²) in [5.41, 5.74) is 8.20. The molecule has 4 nitrogen and oxygen atoms in total. The van der Waals surface area contributed by atoms with Crippen LogP contribution in [0.4, 0.5) is 0 Å². The second-order valence-electron chi connectivity index (χ2n) is 8.13. The Hall–Kier alpha value is -2.92. The summed E-state index contributed by atoms with van der Waals surface area (Å²) >= 11 is 0. The van der Waals surface area contributed by atoms with Gasteiger partial charge in [0, 0.05) is 24.0 Å². The summed E-state index contributed by atoms with van der Waals surface area (Å²) in [7, 11) is 0. The van der Waals surface area contributed by atoms with E-state index in [4.69, 9.17) is 5.11 Å². The van der Waals surface area contributed by atoms with E-state index in [1.165, 1.54) is 27.6 Å². The zero-order chi connectivity index (χ0) is 21.8. The van der Waals surface area contributed by atoms with Gasteiger partial charge in [-0.2, -0.15) is 0 Å². The van der Waals surface area contributed by atoms with Crippen molar-refractivity contribution in [2.24, 2.45) is 0 Å². The second-order valence-corrected chi connectivity index (χ2v) is 8.13. The van der Waals surface area contributed by atoms with Gasteiger partial charge in [-0.3, -0.25) is 0 Å². The molecule has 0 unspecified atom stereocenters. The van der Waals surface area contributed by atoms with Crippen LogP contribution in [0.5, 0.6) is 0 Å². The summed E-state index contributed by atoms with van der Waals surface area (Å²) in [4.78, 5) is 0. The lowest BCUT2D eigenvalue weighted by atomic mass is 9.97. The van der Waals surface area contributed by atoms with Crippen molar-refractivity contribution < 1.29 is 10.2 Å². The van der Waals surface area contributed by atoms with Gasteiger partial charge >= 0.3 is 0 Å². The minimum Gasteiger partial charge on any atom is -0.395 e. The van der Waals surface area contributed by atoms with Crippen molar-refractivity contribution >= 4 is 10.9 Å². The second kappa shape index (κ2) is 9.48. The molecule has 0 saturated carbocycles. The maximum atomic E-state index is 10.8. The summed E-state index contributed by atoms with van der Waals surface area (Å²) in [6.07, 6.45) is -0.575. The minimum atomic E-state index is -0.575. The van der Waals surface area contributed by atoms with Gasteiger partial charge in [-0.05, 0) is 36.6 Å². The fourth-order valence-electron chi connectivity index (χ4n) is 4.48. The monoisotopic (exact) mass is 414 g/mol. The maximum Gasteiger partial charge on any atom is 0.0843 e. The molecule has 0 fully saturated rings. The summed E-state index contributed by atoms with van der Waals surface area (Å²) in [5, 5.41) is 24.2. The number of hydrogen-bond donors (Lipinski definition) is 3. The Labute approximate surface area is 183 Å². The van der Waals surface area contributed by atoms with Crippen molar-refractivity contribution in [2.45, 2.75) is 26.5 Å². The quantitative estimate of drug-likeness (QED) is 0.371. The third-order valence-corrected chi connectivity index (χ3v) is 5.66. The normalized spacial score (nSPS) is 12.4. The SMILES string of the molecule is Cc1cc(C)c2c(c1)c(-c1ccccc1)c(-c1ccccc1)n2C[C@H](O)CNCCO. The highest BCUT2D eigenvalue weighted by Crippen LogP contribution is 2.42. The summed E-state index contributed by atoms with van der Waals surface area (Å²) < 4.78 is 2.27. The minimum absolute atomic E-state index is 0.0605. The molecule has 1 aromatic heterocycles. The third-order valence-electron chi connectivity index (χ3n) is 5.66. The van der Waals surface area contributed by atoms with Gasteiger partial charge in [0.1, 0.15) is 0 Å². The first kappa shape index (κ1) is 21.3. The molecule has 160 valence electrons. The van der Waals surface area contributed by atoms with Crippen LogP contribution in [-0.2, 0) is 6.54 Å². The molecule has 0 amide bonds. The number of nitrogens with zero attached hydrogens (tertiary/aromatic N) is 1. The number of aromatic nitrogens is 1.